The van der Waals surface area contributed by atoms with E-state index in [1.54, 1.807) is 43.5 Å². The van der Waals surface area contributed by atoms with Gasteiger partial charge in [-0.15, -0.1) is 0 Å². The van der Waals surface area contributed by atoms with Crippen molar-refractivity contribution in [2.45, 2.75) is 13.1 Å². The number of aromatic amines is 1. The third-order valence-electron chi connectivity index (χ3n) is 4.49. The van der Waals surface area contributed by atoms with Crippen molar-refractivity contribution in [2.24, 2.45) is 4.99 Å². The summed E-state index contributed by atoms with van der Waals surface area (Å²) in [5.74, 6) is 0. The van der Waals surface area contributed by atoms with E-state index in [1.807, 2.05) is 0 Å². The van der Waals surface area contributed by atoms with Crippen molar-refractivity contribution in [3.8, 4) is 11.3 Å². The van der Waals surface area contributed by atoms with Crippen molar-refractivity contribution in [3.63, 3.8) is 0 Å². The topological polar surface area (TPSA) is 81.4 Å². The maximum Gasteiger partial charge on any atom is 0.276 e. The standard InChI is InChI=1S/C21H21ClN4O3/c1-4-5-16(23-2)13-25-18(27)12-17-19(21(28)26(24-17)10-11-29-3)20(25)14-6-8-15(22)9-7-14/h4-9,12,24H,1-2,10-11,13H2,3H3/b16-5-. The van der Waals surface area contributed by atoms with Gasteiger partial charge in [-0.05, 0) is 30.5 Å². The number of aliphatic imine (C=N–C) groups is 1. The number of fused-ring (bicyclic) bond motifs is 1. The lowest BCUT2D eigenvalue weighted by atomic mass is 10.1. The second kappa shape index (κ2) is 8.89. The number of methoxy groups -OCH3 is 1. The molecule has 0 unspecified atom stereocenters. The highest BCUT2D eigenvalue weighted by molar-refractivity contribution is 6.30. The molecule has 3 rings (SSSR count). The maximum atomic E-state index is 13.1. The van der Waals surface area contributed by atoms with E-state index in [2.05, 4.69) is 23.4 Å². The Hall–Kier alpha value is -3.16. The van der Waals surface area contributed by atoms with Crippen molar-refractivity contribution in [2.75, 3.05) is 13.7 Å². The van der Waals surface area contributed by atoms with Crippen molar-refractivity contribution in [3.05, 3.63) is 80.5 Å². The quantitative estimate of drug-likeness (QED) is 0.455. The van der Waals surface area contributed by atoms with Gasteiger partial charge in [0.15, 0.2) is 0 Å². The molecule has 7 nitrogen and oxygen atoms in total. The summed E-state index contributed by atoms with van der Waals surface area (Å²) in [6, 6.07) is 8.39. The highest BCUT2D eigenvalue weighted by Crippen LogP contribution is 2.26. The third kappa shape index (κ3) is 4.16. The number of halogens is 1. The first kappa shape index (κ1) is 20.6. The Balaban J connectivity index is 2.35. The molecule has 8 heteroatoms. The number of ether oxygens (including phenoxy) is 1. The van der Waals surface area contributed by atoms with Crippen LogP contribution in [0.15, 0.2) is 69.3 Å². The summed E-state index contributed by atoms with van der Waals surface area (Å²) in [6.45, 7) is 8.06. The van der Waals surface area contributed by atoms with Crippen LogP contribution in [0.5, 0.6) is 0 Å². The fourth-order valence-electron chi connectivity index (χ4n) is 3.14. The van der Waals surface area contributed by atoms with Crippen molar-refractivity contribution >= 4 is 29.2 Å². The molecule has 150 valence electrons. The molecule has 0 bridgehead atoms. The zero-order chi connectivity index (χ0) is 21.0. The molecule has 2 heterocycles. The highest BCUT2D eigenvalue weighted by atomic mass is 35.5. The third-order valence-corrected chi connectivity index (χ3v) is 4.75. The van der Waals surface area contributed by atoms with E-state index in [9.17, 15) is 9.59 Å². The number of H-pyrrole nitrogens is 1. The zero-order valence-corrected chi connectivity index (χ0v) is 16.8. The predicted molar refractivity (Wildman–Crippen MR) is 117 cm³/mol. The molecule has 0 atom stereocenters. The van der Waals surface area contributed by atoms with Crippen LogP contribution in [0.1, 0.15) is 0 Å². The number of aromatic nitrogens is 3. The number of hydrogen-bond acceptors (Lipinski definition) is 4. The Bertz CT molecular complexity index is 1200. The minimum atomic E-state index is -0.277. The molecule has 0 saturated carbocycles. The molecular formula is C21H21ClN4O3. The molecule has 29 heavy (non-hydrogen) atoms. The molecular weight excluding hydrogens is 392 g/mol. The van der Waals surface area contributed by atoms with E-state index in [1.165, 1.54) is 15.3 Å². The lowest BCUT2D eigenvalue weighted by molar-refractivity contribution is 0.183. The Labute approximate surface area is 172 Å². The van der Waals surface area contributed by atoms with Gasteiger partial charge in [0.2, 0.25) is 0 Å². The lowest BCUT2D eigenvalue weighted by Crippen LogP contribution is -2.24. The fourth-order valence-corrected chi connectivity index (χ4v) is 3.27. The van der Waals surface area contributed by atoms with Crippen LogP contribution in [0.2, 0.25) is 5.02 Å². The van der Waals surface area contributed by atoms with Crippen LogP contribution in [0.25, 0.3) is 22.2 Å². The predicted octanol–water partition coefficient (Wildman–Crippen LogP) is 3.23. The number of rotatable bonds is 8. The van der Waals surface area contributed by atoms with Gasteiger partial charge in [-0.2, -0.15) is 0 Å². The summed E-state index contributed by atoms with van der Waals surface area (Å²) in [5.41, 5.74) is 1.66. The molecule has 0 aliphatic rings. The molecule has 0 fully saturated rings. The molecule has 2 aromatic heterocycles. The van der Waals surface area contributed by atoms with Crippen LogP contribution in [-0.2, 0) is 17.8 Å². The van der Waals surface area contributed by atoms with E-state index in [-0.39, 0.29) is 17.7 Å². The van der Waals surface area contributed by atoms with Gasteiger partial charge in [-0.1, -0.05) is 36.4 Å². The molecule has 0 aliphatic carbocycles. The first-order valence-electron chi connectivity index (χ1n) is 8.89. The summed E-state index contributed by atoms with van der Waals surface area (Å²) in [5, 5.41) is 3.96. The molecule has 0 aliphatic heterocycles. The van der Waals surface area contributed by atoms with E-state index in [4.69, 9.17) is 16.3 Å². The van der Waals surface area contributed by atoms with Crippen LogP contribution in [0.4, 0.5) is 0 Å². The molecule has 0 radical (unpaired) electrons. The van der Waals surface area contributed by atoms with Crippen LogP contribution < -0.4 is 11.1 Å². The number of allylic oxidation sites excluding steroid dienone is 3. The minimum absolute atomic E-state index is 0.144. The van der Waals surface area contributed by atoms with Gasteiger partial charge >= 0.3 is 0 Å². The SMILES string of the molecule is C=C/C=C(/Cn1c(-c2ccc(Cl)cc2)c2c(=O)n(CCOC)[nH]c2cc1=O)N=C. The minimum Gasteiger partial charge on any atom is -0.383 e. The fraction of sp³-hybridized carbons (Fsp3) is 0.190. The van der Waals surface area contributed by atoms with E-state index >= 15 is 0 Å². The van der Waals surface area contributed by atoms with Gasteiger partial charge in [-0.25, -0.2) is 4.68 Å². The van der Waals surface area contributed by atoms with Gasteiger partial charge in [0, 0.05) is 18.2 Å². The number of pyridine rings is 1. The highest BCUT2D eigenvalue weighted by Gasteiger charge is 2.19. The second-order valence-corrected chi connectivity index (χ2v) is 6.76. The van der Waals surface area contributed by atoms with Crippen LogP contribution in [-0.4, -0.2) is 34.8 Å². The second-order valence-electron chi connectivity index (χ2n) is 6.33. The van der Waals surface area contributed by atoms with E-state index < -0.39 is 0 Å². The molecule has 0 saturated heterocycles. The van der Waals surface area contributed by atoms with E-state index in [0.717, 1.165) is 0 Å². The van der Waals surface area contributed by atoms with Crippen LogP contribution >= 0.6 is 11.6 Å². The zero-order valence-electron chi connectivity index (χ0n) is 16.0. The molecule has 0 amide bonds. The summed E-state index contributed by atoms with van der Waals surface area (Å²) in [6.07, 6.45) is 3.24. The largest absolute Gasteiger partial charge is 0.383 e. The molecule has 1 N–H and O–H groups in total. The Kier molecular flexibility index (Phi) is 6.31. The summed E-state index contributed by atoms with van der Waals surface area (Å²) < 4.78 is 8.01. The number of nitrogens with one attached hydrogen (secondary N) is 1. The van der Waals surface area contributed by atoms with Gasteiger partial charge < -0.3 is 9.30 Å². The van der Waals surface area contributed by atoms with E-state index in [0.29, 0.717) is 46.0 Å². The maximum absolute atomic E-state index is 13.1. The smallest absolute Gasteiger partial charge is 0.276 e. The molecule has 3 aromatic rings. The summed E-state index contributed by atoms with van der Waals surface area (Å²) in [7, 11) is 1.56. The van der Waals surface area contributed by atoms with Crippen LogP contribution in [0, 0.1) is 0 Å². The normalized spacial score (nSPS) is 11.7. The van der Waals surface area contributed by atoms with Crippen molar-refractivity contribution in [1.29, 1.82) is 0 Å². The van der Waals surface area contributed by atoms with Crippen molar-refractivity contribution in [1.82, 2.24) is 14.3 Å². The average Bonchev–Trinajstić information content (AvgIpc) is 3.02. The van der Waals surface area contributed by atoms with Crippen molar-refractivity contribution < 1.29 is 4.74 Å². The molecule has 0 spiro atoms. The Morgan fingerprint density at radius 2 is 2.03 bits per heavy atom. The van der Waals surface area contributed by atoms with Crippen LogP contribution in [0.3, 0.4) is 0 Å². The first-order chi connectivity index (χ1) is 14.0. The van der Waals surface area contributed by atoms with Gasteiger partial charge in [-0.3, -0.25) is 19.7 Å². The number of benzene rings is 1. The monoisotopic (exact) mass is 412 g/mol. The van der Waals surface area contributed by atoms with Gasteiger partial charge in [0.25, 0.3) is 11.1 Å². The Morgan fingerprint density at radius 1 is 1.31 bits per heavy atom. The first-order valence-corrected chi connectivity index (χ1v) is 9.27. The van der Waals surface area contributed by atoms with Gasteiger partial charge in [0.05, 0.1) is 42.0 Å². The summed E-state index contributed by atoms with van der Waals surface area (Å²) in [4.78, 5) is 30.0. The average molecular weight is 413 g/mol. The Morgan fingerprint density at radius 3 is 2.66 bits per heavy atom. The molecule has 1 aromatic carbocycles. The van der Waals surface area contributed by atoms with Gasteiger partial charge in [0.1, 0.15) is 0 Å². The number of hydrogen-bond donors (Lipinski definition) is 1. The number of nitrogens with zero attached hydrogens (tertiary/aromatic N) is 3. The summed E-state index contributed by atoms with van der Waals surface area (Å²) >= 11 is 6.03. The lowest BCUT2D eigenvalue weighted by Gasteiger charge is -2.14.